The number of carbonyl (C=O) groups is 2. The molecule has 158 valence electrons. The van der Waals surface area contributed by atoms with Crippen molar-refractivity contribution < 1.29 is 18.7 Å². The van der Waals surface area contributed by atoms with E-state index < -0.39 is 5.82 Å². The zero-order chi connectivity index (χ0) is 20.9. The predicted octanol–water partition coefficient (Wildman–Crippen LogP) is 1.40. The van der Waals surface area contributed by atoms with Crippen molar-refractivity contribution in [3.63, 3.8) is 0 Å². The fraction of sp³-hybridized carbons (Fsp3) is 0.409. The molecule has 0 spiro atoms. The molecule has 0 radical (unpaired) electrons. The summed E-state index contributed by atoms with van der Waals surface area (Å²) < 4.78 is 18.8. The Labute approximate surface area is 175 Å². The first-order valence-corrected chi connectivity index (χ1v) is 10.2. The molecule has 2 aliphatic rings. The molecular weight excluding hydrogens is 387 g/mol. The fourth-order valence-electron chi connectivity index (χ4n) is 3.74. The fourth-order valence-corrected chi connectivity index (χ4v) is 3.74. The number of carbonyl (C=O) groups excluding carboxylic acids is 2. The summed E-state index contributed by atoms with van der Waals surface area (Å²) in [7, 11) is 0. The van der Waals surface area contributed by atoms with Crippen LogP contribution in [0.25, 0.3) is 0 Å². The van der Waals surface area contributed by atoms with Gasteiger partial charge in [-0.05, 0) is 24.3 Å². The normalized spacial score (nSPS) is 17.5. The summed E-state index contributed by atoms with van der Waals surface area (Å²) in [5, 5.41) is 0. The van der Waals surface area contributed by atoms with Crippen LogP contribution >= 0.6 is 0 Å². The number of hydrogen-bond acceptors (Lipinski definition) is 5. The maximum Gasteiger partial charge on any atom is 0.260 e. The number of pyridine rings is 1. The minimum Gasteiger partial charge on any atom is -0.481 e. The highest BCUT2D eigenvalue weighted by Crippen LogP contribution is 2.21. The Morgan fingerprint density at radius 3 is 2.43 bits per heavy atom. The summed E-state index contributed by atoms with van der Waals surface area (Å²) in [5.74, 6) is -0.731. The van der Waals surface area contributed by atoms with Gasteiger partial charge in [0, 0.05) is 52.0 Å². The van der Waals surface area contributed by atoms with E-state index >= 15 is 0 Å². The van der Waals surface area contributed by atoms with E-state index in [1.165, 1.54) is 12.1 Å². The van der Waals surface area contributed by atoms with Crippen molar-refractivity contribution in [2.75, 3.05) is 45.9 Å². The third kappa shape index (κ3) is 4.76. The third-order valence-corrected chi connectivity index (χ3v) is 5.57. The second-order valence-corrected chi connectivity index (χ2v) is 7.64. The van der Waals surface area contributed by atoms with Gasteiger partial charge in [0.2, 0.25) is 5.91 Å². The lowest BCUT2D eigenvalue weighted by atomic mass is 9.98. The van der Waals surface area contributed by atoms with E-state index in [1.807, 2.05) is 23.1 Å². The van der Waals surface area contributed by atoms with E-state index in [0.29, 0.717) is 26.2 Å². The number of halogens is 1. The number of aromatic nitrogens is 1. The van der Waals surface area contributed by atoms with Crippen LogP contribution in [-0.2, 0) is 16.1 Å². The SMILES string of the molecule is O=C(COc1ccccc1F)N1CC(C(=O)N2CCN(Cc3ccccn3)CC2)C1. The zero-order valence-corrected chi connectivity index (χ0v) is 16.7. The Bertz CT molecular complexity index is 881. The minimum absolute atomic E-state index is 0.0579. The van der Waals surface area contributed by atoms with Crippen LogP contribution in [0, 0.1) is 11.7 Å². The van der Waals surface area contributed by atoms with Gasteiger partial charge in [-0.2, -0.15) is 0 Å². The summed E-state index contributed by atoms with van der Waals surface area (Å²) in [4.78, 5) is 35.0. The molecule has 2 aromatic rings. The molecule has 0 N–H and O–H groups in total. The quantitative estimate of drug-likeness (QED) is 0.718. The largest absolute Gasteiger partial charge is 0.481 e. The summed E-state index contributed by atoms with van der Waals surface area (Å²) in [6, 6.07) is 11.9. The molecular formula is C22H25FN4O3. The molecule has 0 aliphatic carbocycles. The average Bonchev–Trinajstić information content (AvgIpc) is 2.73. The van der Waals surface area contributed by atoms with Crippen LogP contribution in [-0.4, -0.2) is 77.4 Å². The van der Waals surface area contributed by atoms with E-state index in [0.717, 1.165) is 25.3 Å². The number of rotatable bonds is 6. The first kappa shape index (κ1) is 20.3. The highest BCUT2D eigenvalue weighted by Gasteiger charge is 2.38. The average molecular weight is 412 g/mol. The maximum absolute atomic E-state index is 13.6. The van der Waals surface area contributed by atoms with Crippen molar-refractivity contribution in [1.82, 2.24) is 19.7 Å². The van der Waals surface area contributed by atoms with Gasteiger partial charge in [-0.25, -0.2) is 4.39 Å². The summed E-state index contributed by atoms with van der Waals surface area (Å²) in [6.07, 6.45) is 1.79. The van der Waals surface area contributed by atoms with E-state index in [2.05, 4.69) is 9.88 Å². The second-order valence-electron chi connectivity index (χ2n) is 7.64. The van der Waals surface area contributed by atoms with Gasteiger partial charge in [-0.15, -0.1) is 0 Å². The number of ether oxygens (including phenoxy) is 1. The zero-order valence-electron chi connectivity index (χ0n) is 16.7. The molecule has 30 heavy (non-hydrogen) atoms. The van der Waals surface area contributed by atoms with Crippen molar-refractivity contribution >= 4 is 11.8 Å². The first-order valence-electron chi connectivity index (χ1n) is 10.2. The van der Waals surface area contributed by atoms with E-state index in [-0.39, 0.29) is 30.1 Å². The van der Waals surface area contributed by atoms with E-state index in [9.17, 15) is 14.0 Å². The van der Waals surface area contributed by atoms with E-state index in [4.69, 9.17) is 4.74 Å². The number of amides is 2. The Kier molecular flexibility index (Phi) is 6.23. The smallest absolute Gasteiger partial charge is 0.260 e. The number of nitrogens with zero attached hydrogens (tertiary/aromatic N) is 4. The molecule has 0 unspecified atom stereocenters. The summed E-state index contributed by atoms with van der Waals surface area (Å²) in [5.41, 5.74) is 1.03. The lowest BCUT2D eigenvalue weighted by molar-refractivity contribution is -0.150. The van der Waals surface area contributed by atoms with Gasteiger partial charge in [0.05, 0.1) is 11.6 Å². The molecule has 2 saturated heterocycles. The Balaban J connectivity index is 1.17. The Hall–Kier alpha value is -3.00. The second kappa shape index (κ2) is 9.21. The number of hydrogen-bond donors (Lipinski definition) is 0. The molecule has 4 rings (SSSR count). The number of likely N-dealkylation sites (tertiary alicyclic amines) is 1. The van der Waals surface area contributed by atoms with Gasteiger partial charge in [-0.3, -0.25) is 19.5 Å². The molecule has 1 aromatic carbocycles. The molecule has 8 heteroatoms. The lowest BCUT2D eigenvalue weighted by Crippen LogP contribution is -2.59. The van der Waals surface area contributed by atoms with Crippen LogP contribution in [0.2, 0.25) is 0 Å². The number of para-hydroxylation sites is 1. The minimum atomic E-state index is -0.496. The van der Waals surface area contributed by atoms with Crippen molar-refractivity contribution in [3.8, 4) is 5.75 Å². The van der Waals surface area contributed by atoms with Gasteiger partial charge < -0.3 is 14.5 Å². The van der Waals surface area contributed by atoms with Crippen LogP contribution in [0.15, 0.2) is 48.7 Å². The highest BCUT2D eigenvalue weighted by molar-refractivity contribution is 5.85. The molecule has 3 heterocycles. The van der Waals surface area contributed by atoms with Crippen molar-refractivity contribution in [1.29, 1.82) is 0 Å². The molecule has 0 atom stereocenters. The van der Waals surface area contributed by atoms with Gasteiger partial charge in [0.25, 0.3) is 5.91 Å². The van der Waals surface area contributed by atoms with Crippen LogP contribution in [0.3, 0.4) is 0 Å². The molecule has 1 aromatic heterocycles. The van der Waals surface area contributed by atoms with Crippen LogP contribution in [0.4, 0.5) is 4.39 Å². The topological polar surface area (TPSA) is 66.0 Å². The van der Waals surface area contributed by atoms with Crippen molar-refractivity contribution in [2.24, 2.45) is 5.92 Å². The first-order chi connectivity index (χ1) is 14.6. The third-order valence-electron chi connectivity index (χ3n) is 5.57. The van der Waals surface area contributed by atoms with Gasteiger partial charge >= 0.3 is 0 Å². The molecule has 2 aliphatic heterocycles. The number of benzene rings is 1. The van der Waals surface area contributed by atoms with E-state index in [1.54, 1.807) is 23.2 Å². The molecule has 2 fully saturated rings. The maximum atomic E-state index is 13.6. The summed E-state index contributed by atoms with van der Waals surface area (Å²) >= 11 is 0. The van der Waals surface area contributed by atoms with Crippen LogP contribution in [0.5, 0.6) is 5.75 Å². The molecule has 2 amide bonds. The molecule has 0 saturated carbocycles. The van der Waals surface area contributed by atoms with Gasteiger partial charge in [0.1, 0.15) is 0 Å². The Morgan fingerprint density at radius 2 is 1.73 bits per heavy atom. The molecule has 7 nitrogen and oxygen atoms in total. The van der Waals surface area contributed by atoms with Gasteiger partial charge in [0.15, 0.2) is 18.2 Å². The van der Waals surface area contributed by atoms with Crippen molar-refractivity contribution in [3.05, 3.63) is 60.2 Å². The molecule has 0 bridgehead atoms. The Morgan fingerprint density at radius 1 is 1.00 bits per heavy atom. The predicted molar refractivity (Wildman–Crippen MR) is 108 cm³/mol. The van der Waals surface area contributed by atoms with Crippen molar-refractivity contribution in [2.45, 2.75) is 6.54 Å². The van der Waals surface area contributed by atoms with Crippen LogP contribution in [0.1, 0.15) is 5.69 Å². The lowest BCUT2D eigenvalue weighted by Gasteiger charge is -2.42. The summed E-state index contributed by atoms with van der Waals surface area (Å²) in [6.45, 7) is 4.35. The monoisotopic (exact) mass is 412 g/mol. The highest BCUT2D eigenvalue weighted by atomic mass is 19.1. The van der Waals surface area contributed by atoms with Gasteiger partial charge in [-0.1, -0.05) is 18.2 Å². The van der Waals surface area contributed by atoms with Crippen LogP contribution < -0.4 is 4.74 Å². The standard InChI is InChI=1S/C22H25FN4O3/c23-19-6-1-2-7-20(19)30-16-21(28)27-13-17(14-27)22(29)26-11-9-25(10-12-26)15-18-5-3-4-8-24-18/h1-8,17H,9-16H2. The number of piperazine rings is 1.